The van der Waals surface area contributed by atoms with E-state index in [4.69, 9.17) is 4.74 Å². The number of hydrazine groups is 1. The molecule has 7 nitrogen and oxygen atoms in total. The number of hydrogen-bond donors (Lipinski definition) is 0. The van der Waals surface area contributed by atoms with Crippen molar-refractivity contribution < 1.29 is 19.1 Å². The minimum atomic E-state index is -0.395. The van der Waals surface area contributed by atoms with Crippen LogP contribution in [0.15, 0.2) is 96.6 Å². The molecular weight excluding hydrogens is 478 g/mol. The van der Waals surface area contributed by atoms with E-state index in [0.29, 0.717) is 23.5 Å². The summed E-state index contributed by atoms with van der Waals surface area (Å²) in [7, 11) is 0. The number of anilines is 2. The number of amides is 2. The summed E-state index contributed by atoms with van der Waals surface area (Å²) in [4.78, 5) is 39.4. The van der Waals surface area contributed by atoms with Gasteiger partial charge in [-0.2, -0.15) is 0 Å². The number of benzene rings is 3. The molecule has 0 aliphatic carbocycles. The molecule has 1 aliphatic rings. The monoisotopic (exact) mass is 505 g/mol. The molecule has 4 aromatic rings. The predicted octanol–water partition coefficient (Wildman–Crippen LogP) is 5.65. The minimum absolute atomic E-state index is 0.0793. The number of esters is 1. The number of aryl methyl sites for hydroxylation is 1. The molecule has 0 unspecified atom stereocenters. The molecule has 3 aromatic carbocycles. The van der Waals surface area contributed by atoms with E-state index in [0.717, 1.165) is 22.6 Å². The van der Waals surface area contributed by atoms with Gasteiger partial charge in [-0.05, 0) is 87.0 Å². The maximum atomic E-state index is 13.7. The first-order valence-corrected chi connectivity index (χ1v) is 12.4. The third-order valence-electron chi connectivity index (χ3n) is 6.45. The van der Waals surface area contributed by atoms with Crippen molar-refractivity contribution in [3.8, 4) is 5.69 Å². The van der Waals surface area contributed by atoms with E-state index < -0.39 is 11.8 Å². The van der Waals surface area contributed by atoms with Crippen LogP contribution in [-0.4, -0.2) is 29.0 Å². The molecule has 5 rings (SSSR count). The van der Waals surface area contributed by atoms with Crippen molar-refractivity contribution in [3.05, 3.63) is 119 Å². The maximum Gasteiger partial charge on any atom is 0.338 e. The number of nitrogens with zero attached hydrogens (tertiary/aromatic N) is 3. The van der Waals surface area contributed by atoms with Crippen LogP contribution in [0, 0.1) is 13.8 Å². The van der Waals surface area contributed by atoms with Crippen molar-refractivity contribution in [2.75, 3.05) is 16.6 Å². The van der Waals surface area contributed by atoms with Crippen LogP contribution in [0.3, 0.4) is 0 Å². The first-order chi connectivity index (χ1) is 18.4. The average Bonchev–Trinajstić information content (AvgIpc) is 3.36. The van der Waals surface area contributed by atoms with E-state index in [1.165, 1.54) is 10.0 Å². The molecule has 0 radical (unpaired) electrons. The van der Waals surface area contributed by atoms with E-state index in [9.17, 15) is 14.4 Å². The van der Waals surface area contributed by atoms with Gasteiger partial charge in [-0.3, -0.25) is 9.59 Å². The number of hydrogen-bond acceptors (Lipinski definition) is 4. The lowest BCUT2D eigenvalue weighted by atomic mass is 10.1. The fourth-order valence-corrected chi connectivity index (χ4v) is 4.68. The largest absolute Gasteiger partial charge is 0.462 e. The van der Waals surface area contributed by atoms with Crippen molar-refractivity contribution >= 4 is 35.2 Å². The Morgan fingerprint density at radius 1 is 0.763 bits per heavy atom. The molecule has 0 atom stereocenters. The van der Waals surface area contributed by atoms with Gasteiger partial charge < -0.3 is 9.30 Å². The molecule has 1 saturated heterocycles. The van der Waals surface area contributed by atoms with Crippen molar-refractivity contribution in [1.29, 1.82) is 0 Å². The zero-order valence-corrected chi connectivity index (χ0v) is 21.4. The van der Waals surface area contributed by atoms with E-state index in [2.05, 4.69) is 0 Å². The summed E-state index contributed by atoms with van der Waals surface area (Å²) in [5, 5.41) is 2.83. The van der Waals surface area contributed by atoms with Crippen LogP contribution in [0.2, 0.25) is 0 Å². The van der Waals surface area contributed by atoms with Gasteiger partial charge in [-0.1, -0.05) is 36.4 Å². The summed E-state index contributed by atoms with van der Waals surface area (Å²) in [6.45, 7) is 5.98. The number of ether oxygens (including phenoxy) is 1. The highest BCUT2D eigenvalue weighted by molar-refractivity contribution is 6.38. The van der Waals surface area contributed by atoms with Gasteiger partial charge in [0.15, 0.2) is 0 Å². The van der Waals surface area contributed by atoms with Crippen LogP contribution in [0.1, 0.15) is 34.2 Å². The molecule has 0 N–H and O–H groups in total. The normalized spacial score (nSPS) is 13.3. The van der Waals surface area contributed by atoms with Crippen LogP contribution >= 0.6 is 0 Å². The average molecular weight is 506 g/mol. The first kappa shape index (κ1) is 24.8. The maximum absolute atomic E-state index is 13.7. The minimum Gasteiger partial charge on any atom is -0.462 e. The zero-order valence-electron chi connectivity index (χ0n) is 21.4. The molecule has 190 valence electrons. The number of para-hydroxylation sites is 2. The summed E-state index contributed by atoms with van der Waals surface area (Å²) >= 11 is 0. The van der Waals surface area contributed by atoms with Gasteiger partial charge in [0.05, 0.1) is 23.5 Å². The molecule has 1 aliphatic heterocycles. The lowest BCUT2D eigenvalue weighted by Gasteiger charge is -2.27. The van der Waals surface area contributed by atoms with Gasteiger partial charge in [0, 0.05) is 17.1 Å². The lowest BCUT2D eigenvalue weighted by Crippen LogP contribution is -2.41. The quantitative estimate of drug-likeness (QED) is 0.193. The molecule has 2 heterocycles. The second-order valence-electron chi connectivity index (χ2n) is 8.89. The van der Waals surface area contributed by atoms with Crippen molar-refractivity contribution in [2.45, 2.75) is 20.8 Å². The van der Waals surface area contributed by atoms with Crippen LogP contribution in [0.25, 0.3) is 11.8 Å². The number of carbonyl (C=O) groups excluding carboxylic acids is 3. The van der Waals surface area contributed by atoms with Gasteiger partial charge in [-0.15, -0.1) is 0 Å². The standard InChI is InChI=1S/C31H27N3O4/c1-4-38-31(37)23-15-17-25(18-16-23)32-21(2)19-24(22(32)3)20-28-29(35)33(26-11-7-5-8-12-26)34(30(28)36)27-13-9-6-10-14-27/h5-20H,4H2,1-3H3. The number of rotatable bonds is 6. The Balaban J connectivity index is 1.54. The second kappa shape index (κ2) is 10.2. The molecule has 7 heteroatoms. The van der Waals surface area contributed by atoms with Gasteiger partial charge >= 0.3 is 5.97 Å². The van der Waals surface area contributed by atoms with E-state index in [-0.39, 0.29) is 11.5 Å². The molecule has 38 heavy (non-hydrogen) atoms. The Morgan fingerprint density at radius 3 is 1.79 bits per heavy atom. The third kappa shape index (κ3) is 4.39. The van der Waals surface area contributed by atoms with Crippen LogP contribution < -0.4 is 10.0 Å². The summed E-state index contributed by atoms with van der Waals surface area (Å²) in [6.07, 6.45) is 1.66. The van der Waals surface area contributed by atoms with Gasteiger partial charge in [-0.25, -0.2) is 14.8 Å². The Morgan fingerprint density at radius 2 is 1.29 bits per heavy atom. The Bertz CT molecular complexity index is 1480. The van der Waals surface area contributed by atoms with Crippen molar-refractivity contribution in [1.82, 2.24) is 4.57 Å². The fraction of sp³-hybridized carbons (Fsp3) is 0.129. The number of aromatic nitrogens is 1. The van der Waals surface area contributed by atoms with Gasteiger partial charge in [0.1, 0.15) is 5.57 Å². The summed E-state index contributed by atoms with van der Waals surface area (Å²) < 4.78 is 7.10. The highest BCUT2D eigenvalue weighted by Crippen LogP contribution is 2.33. The topological polar surface area (TPSA) is 71.8 Å². The smallest absolute Gasteiger partial charge is 0.338 e. The number of carbonyl (C=O) groups is 3. The highest BCUT2D eigenvalue weighted by atomic mass is 16.5. The zero-order chi connectivity index (χ0) is 26.8. The lowest BCUT2D eigenvalue weighted by molar-refractivity contribution is -0.116. The van der Waals surface area contributed by atoms with Crippen molar-refractivity contribution in [2.24, 2.45) is 0 Å². The SMILES string of the molecule is CCOC(=O)c1ccc(-n2c(C)cc(C=C3C(=O)N(c4ccccc4)N(c4ccccc4)C3=O)c2C)cc1. The van der Waals surface area contributed by atoms with Crippen LogP contribution in [-0.2, 0) is 14.3 Å². The molecule has 0 spiro atoms. The fourth-order valence-electron chi connectivity index (χ4n) is 4.68. The summed E-state index contributed by atoms with van der Waals surface area (Å²) in [5.41, 5.74) is 5.17. The Kier molecular flexibility index (Phi) is 6.66. The Hall–Kier alpha value is -4.91. The van der Waals surface area contributed by atoms with Crippen molar-refractivity contribution in [3.63, 3.8) is 0 Å². The summed E-state index contributed by atoms with van der Waals surface area (Å²) in [6, 6.07) is 27.4. The van der Waals surface area contributed by atoms with E-state index in [1.807, 2.05) is 73.0 Å². The molecule has 1 fully saturated rings. The Labute approximate surface area is 221 Å². The second-order valence-corrected chi connectivity index (χ2v) is 8.89. The van der Waals surface area contributed by atoms with Crippen LogP contribution in [0.5, 0.6) is 0 Å². The van der Waals surface area contributed by atoms with E-state index >= 15 is 0 Å². The third-order valence-corrected chi connectivity index (χ3v) is 6.45. The first-order valence-electron chi connectivity index (χ1n) is 12.4. The molecular formula is C31H27N3O4. The highest BCUT2D eigenvalue weighted by Gasteiger charge is 2.43. The van der Waals surface area contributed by atoms with E-state index in [1.54, 1.807) is 49.4 Å². The molecule has 2 amide bonds. The van der Waals surface area contributed by atoms with Gasteiger partial charge in [0.25, 0.3) is 11.8 Å². The molecule has 0 saturated carbocycles. The summed E-state index contributed by atoms with van der Waals surface area (Å²) in [5.74, 6) is -1.16. The van der Waals surface area contributed by atoms with Gasteiger partial charge in [0.2, 0.25) is 0 Å². The van der Waals surface area contributed by atoms with Crippen LogP contribution in [0.4, 0.5) is 11.4 Å². The predicted molar refractivity (Wildman–Crippen MR) is 147 cm³/mol. The molecule has 1 aromatic heterocycles. The molecule has 0 bridgehead atoms.